The summed E-state index contributed by atoms with van der Waals surface area (Å²) >= 11 is 0. The summed E-state index contributed by atoms with van der Waals surface area (Å²) in [6.07, 6.45) is -24.6. The minimum Gasteiger partial charge on any atom is -0.507 e. The molecule has 0 bridgehead atoms. The van der Waals surface area contributed by atoms with Gasteiger partial charge < -0.3 is 115 Å². The Hall–Kier alpha value is -5.88. The smallest absolute Gasteiger partial charge is 0.331 e. The molecule has 0 amide bonds. The lowest BCUT2D eigenvalue weighted by Gasteiger charge is -2.42. The highest BCUT2D eigenvalue weighted by molar-refractivity contribution is 5.89. The van der Waals surface area contributed by atoms with Gasteiger partial charge in [0.25, 0.3) is 0 Å². The molecule has 0 spiro atoms. The van der Waals surface area contributed by atoms with Crippen molar-refractivity contribution >= 4 is 23.0 Å². The van der Waals surface area contributed by atoms with Gasteiger partial charge in [-0.25, -0.2) is 4.79 Å². The molecule has 1 aromatic heterocycles. The van der Waals surface area contributed by atoms with Gasteiger partial charge in [-0.2, -0.15) is 0 Å². The van der Waals surface area contributed by atoms with Crippen molar-refractivity contribution < 1.29 is 119 Å². The number of carbonyl (C=O) groups is 1. The van der Waals surface area contributed by atoms with Gasteiger partial charge in [0.15, 0.2) is 34.5 Å². The molecule has 3 aliphatic heterocycles. The first-order valence-electron chi connectivity index (χ1n) is 20.2. The fourth-order valence-electron chi connectivity index (χ4n) is 7.66. The second-order valence-corrected chi connectivity index (χ2v) is 15.7. The van der Waals surface area contributed by atoms with Crippen molar-refractivity contribution in [3.63, 3.8) is 0 Å². The molecule has 0 radical (unpaired) electrons. The third kappa shape index (κ3) is 9.51. The summed E-state index contributed by atoms with van der Waals surface area (Å²) in [7, 11) is 0. The molecule has 4 aromatic rings. The monoisotopic (exact) mass is 950 g/mol. The van der Waals surface area contributed by atoms with Crippen molar-refractivity contribution in [3.05, 3.63) is 69.9 Å². The van der Waals surface area contributed by atoms with E-state index in [1.807, 2.05) is 0 Å². The zero-order valence-electron chi connectivity index (χ0n) is 34.3. The first-order chi connectivity index (χ1) is 31.8. The Kier molecular flexibility index (Phi) is 14.5. The second kappa shape index (κ2) is 19.8. The number of rotatable bonds is 12. The van der Waals surface area contributed by atoms with Crippen LogP contribution < -0.4 is 14.9 Å². The largest absolute Gasteiger partial charge is 0.507 e. The van der Waals surface area contributed by atoms with Gasteiger partial charge in [0, 0.05) is 35.4 Å². The van der Waals surface area contributed by atoms with Gasteiger partial charge in [-0.05, 0) is 30.3 Å². The number of fused-ring (bicyclic) bond motifs is 1. The summed E-state index contributed by atoms with van der Waals surface area (Å²) in [4.78, 5) is 26.8. The van der Waals surface area contributed by atoms with Crippen LogP contribution in [0.2, 0.25) is 0 Å². The number of aromatic hydroxyl groups is 5. The van der Waals surface area contributed by atoms with Crippen LogP contribution in [-0.4, -0.2) is 193 Å². The third-order valence-electron chi connectivity index (χ3n) is 11.3. The zero-order chi connectivity index (χ0) is 48.8. The Labute approximate surface area is 375 Å². The van der Waals surface area contributed by atoms with Gasteiger partial charge in [0.2, 0.25) is 12.6 Å². The number of esters is 1. The van der Waals surface area contributed by atoms with Crippen molar-refractivity contribution in [2.45, 2.75) is 91.9 Å². The predicted octanol–water partition coefficient (Wildman–Crippen LogP) is -3.88. The van der Waals surface area contributed by atoms with Crippen LogP contribution >= 0.6 is 0 Å². The molecule has 16 N–H and O–H groups in total. The van der Waals surface area contributed by atoms with E-state index in [2.05, 4.69) is 0 Å². The van der Waals surface area contributed by atoms with E-state index < -0.39 is 174 Å². The summed E-state index contributed by atoms with van der Waals surface area (Å²) in [5, 5.41) is 165. The molecule has 0 aliphatic carbocycles. The number of benzene rings is 3. The van der Waals surface area contributed by atoms with Gasteiger partial charge in [-0.15, -0.1) is 0 Å². The number of aliphatic hydroxyl groups is 11. The Bertz CT molecular complexity index is 2520. The van der Waals surface area contributed by atoms with Crippen LogP contribution in [0.25, 0.3) is 28.4 Å². The minimum absolute atomic E-state index is 0.0279. The van der Waals surface area contributed by atoms with Crippen LogP contribution in [0.5, 0.6) is 40.2 Å². The summed E-state index contributed by atoms with van der Waals surface area (Å²) in [5.74, 6) is -6.19. The molecule has 25 nitrogen and oxygen atoms in total. The lowest BCUT2D eigenvalue weighted by atomic mass is 9.89. The van der Waals surface area contributed by atoms with Gasteiger partial charge in [0.05, 0.1) is 25.4 Å². The Morgan fingerprint density at radius 3 is 1.73 bits per heavy atom. The molecule has 0 unspecified atom stereocenters. The van der Waals surface area contributed by atoms with E-state index >= 15 is 0 Å². The van der Waals surface area contributed by atoms with Gasteiger partial charge in [0.1, 0.15) is 107 Å². The number of aliphatic hydroxyl groups excluding tert-OH is 11. The van der Waals surface area contributed by atoms with E-state index in [4.69, 9.17) is 32.8 Å². The standard InChI is InChI=1S/C42H46O25/c43-10-24-32(54)36(58)40(67-27(51)4-2-13-5-17(48)22(7-15(13)46)64-42-38(60)35(57)31(53)26(12-45)66-42)39(62-24)29-19(50)9-23-28(33(29)55)18(49)8-21(61-23)14-1-3-20(16(47)6-14)63-41-37(59)34(56)30(52)25(11-44)65-41/h1-9,24-26,30-32,34-48,50,52-60H,10-12H2/t24-,25-,26-,30-,31-,32-,34+,35+,36+,37-,38-,39+,40-,41-,42-/m1/s1. The second-order valence-electron chi connectivity index (χ2n) is 15.7. The number of hydrogen-bond donors (Lipinski definition) is 16. The zero-order valence-corrected chi connectivity index (χ0v) is 34.3. The number of phenols is 5. The maximum Gasteiger partial charge on any atom is 0.331 e. The molecule has 7 rings (SSSR count). The molecule has 0 saturated carbocycles. The molecule has 3 aromatic carbocycles. The molecule has 3 saturated heterocycles. The van der Waals surface area contributed by atoms with E-state index in [1.54, 1.807) is 0 Å². The first-order valence-corrected chi connectivity index (χ1v) is 20.2. The predicted molar refractivity (Wildman–Crippen MR) is 217 cm³/mol. The van der Waals surface area contributed by atoms with Gasteiger partial charge in [-0.1, -0.05) is 0 Å². The van der Waals surface area contributed by atoms with Crippen LogP contribution in [-0.2, 0) is 23.7 Å². The van der Waals surface area contributed by atoms with Crippen molar-refractivity contribution in [3.8, 4) is 51.6 Å². The van der Waals surface area contributed by atoms with Crippen molar-refractivity contribution in [1.82, 2.24) is 0 Å². The molecule has 3 fully saturated rings. The van der Waals surface area contributed by atoms with Crippen LogP contribution in [0.15, 0.2) is 57.8 Å². The minimum atomic E-state index is -2.09. The van der Waals surface area contributed by atoms with Crippen molar-refractivity contribution in [2.75, 3.05) is 19.8 Å². The Balaban J connectivity index is 1.12. The highest BCUT2D eigenvalue weighted by atomic mass is 16.7. The van der Waals surface area contributed by atoms with Crippen LogP contribution in [0.4, 0.5) is 0 Å². The number of ether oxygens (including phenoxy) is 6. The molecular formula is C42H46O25. The molecule has 4 heterocycles. The van der Waals surface area contributed by atoms with E-state index in [-0.39, 0.29) is 22.6 Å². The maximum absolute atomic E-state index is 13.6. The third-order valence-corrected chi connectivity index (χ3v) is 11.3. The lowest BCUT2D eigenvalue weighted by molar-refractivity contribution is -0.277. The van der Waals surface area contributed by atoms with Gasteiger partial charge in [-0.3, -0.25) is 4.79 Å². The van der Waals surface area contributed by atoms with Crippen LogP contribution in [0.3, 0.4) is 0 Å². The van der Waals surface area contributed by atoms with E-state index in [1.165, 1.54) is 6.07 Å². The SMILES string of the molecule is O=C(C=Cc1cc(O)c(O[C@@H]2O[C@H](CO)[C@@H](O)[C@H](O)[C@H]2O)cc1O)O[C@@H]1[C@@H](O)[C@H](O)[C@@H](CO)O[C@H]1c1c(O)cc2oc(-c3ccc(O[C@@H]4O[C@H](CO)[C@@H](O)[C@H](O)[C@H]4O)c(O)c3)cc(=O)c2c1O. The summed E-state index contributed by atoms with van der Waals surface area (Å²) in [5.41, 5.74) is -2.28. The van der Waals surface area contributed by atoms with E-state index in [9.17, 15) is 91.3 Å². The number of hydrogen-bond acceptors (Lipinski definition) is 25. The fourth-order valence-corrected chi connectivity index (χ4v) is 7.66. The van der Waals surface area contributed by atoms with Crippen LogP contribution in [0.1, 0.15) is 17.2 Å². The number of carbonyl (C=O) groups excluding carboxylic acids is 1. The highest BCUT2D eigenvalue weighted by Crippen LogP contribution is 2.46. The fraction of sp³-hybridized carbons (Fsp3) is 0.429. The number of phenolic OH excluding ortho intramolecular Hbond substituents is 5. The van der Waals surface area contributed by atoms with E-state index in [0.717, 1.165) is 42.5 Å². The highest BCUT2D eigenvalue weighted by Gasteiger charge is 2.50. The summed E-state index contributed by atoms with van der Waals surface area (Å²) in [6.45, 7) is -2.45. The molecule has 15 atom stereocenters. The molecule has 3 aliphatic rings. The molecular weight excluding hydrogens is 904 g/mol. The topological polar surface area (TPSA) is 426 Å². The van der Waals surface area contributed by atoms with Crippen molar-refractivity contribution in [1.29, 1.82) is 0 Å². The van der Waals surface area contributed by atoms with Crippen LogP contribution in [0, 0.1) is 0 Å². The Morgan fingerprint density at radius 1 is 0.597 bits per heavy atom. The Morgan fingerprint density at radius 2 is 1.15 bits per heavy atom. The average molecular weight is 951 g/mol. The normalized spacial score (nSPS) is 32.3. The quantitative estimate of drug-likeness (QED) is 0.0367. The average Bonchev–Trinajstić information content (AvgIpc) is 3.29. The molecule has 25 heteroatoms. The van der Waals surface area contributed by atoms with Gasteiger partial charge >= 0.3 is 5.97 Å². The maximum atomic E-state index is 13.6. The molecule has 364 valence electrons. The van der Waals surface area contributed by atoms with Crippen molar-refractivity contribution in [2.24, 2.45) is 0 Å². The summed E-state index contributed by atoms with van der Waals surface area (Å²) in [6, 6.07) is 6.97. The molecule has 67 heavy (non-hydrogen) atoms. The van der Waals surface area contributed by atoms with E-state index in [0.29, 0.717) is 6.08 Å². The summed E-state index contributed by atoms with van der Waals surface area (Å²) < 4.78 is 38.2. The lowest BCUT2D eigenvalue weighted by Crippen LogP contribution is -2.60. The first kappa shape index (κ1) is 49.0.